The number of carboxylic acids is 1. The van der Waals surface area contributed by atoms with Gasteiger partial charge < -0.3 is 15.2 Å². The van der Waals surface area contributed by atoms with Crippen LogP contribution in [0.3, 0.4) is 0 Å². The van der Waals surface area contributed by atoms with E-state index >= 15 is 0 Å². The minimum absolute atomic E-state index is 0.104. The highest BCUT2D eigenvalue weighted by molar-refractivity contribution is 5.80. The van der Waals surface area contributed by atoms with Crippen LogP contribution in [0.25, 0.3) is 0 Å². The van der Waals surface area contributed by atoms with E-state index in [0.29, 0.717) is 25.3 Å². The summed E-state index contributed by atoms with van der Waals surface area (Å²) in [5.74, 6) is -1.08. The Labute approximate surface area is 101 Å². The van der Waals surface area contributed by atoms with Crippen LogP contribution in [0.2, 0.25) is 0 Å². The summed E-state index contributed by atoms with van der Waals surface area (Å²) in [5.41, 5.74) is 0.699. The molecule has 0 rings (SSSR count). The molecule has 0 saturated carbocycles. The lowest BCUT2D eigenvalue weighted by Crippen LogP contribution is -2.37. The summed E-state index contributed by atoms with van der Waals surface area (Å²) in [6.45, 7) is 3.35. The molecule has 0 saturated heterocycles. The molecule has 0 aliphatic heterocycles. The van der Waals surface area contributed by atoms with E-state index in [4.69, 9.17) is 9.84 Å². The number of nitrogens with zero attached hydrogens (tertiary/aromatic N) is 1. The molecule has 6 heteroatoms. The maximum Gasteiger partial charge on any atom is 0.328 e. The monoisotopic (exact) mass is 244 g/mol. The third-order valence-electron chi connectivity index (χ3n) is 1.93. The standard InChI is InChI=1S/C11H20N2O4/c1-9(6-11(15)16)7-13(2)8-10(14)12-4-5-17-3/h6H,4-5,7-8H2,1-3H3,(H,12,14)(H,15,16). The normalized spacial score (nSPS) is 11.6. The zero-order valence-electron chi connectivity index (χ0n) is 10.5. The quantitative estimate of drug-likeness (QED) is 0.453. The molecule has 1 amide bonds. The largest absolute Gasteiger partial charge is 0.478 e. The van der Waals surface area contributed by atoms with Crippen molar-refractivity contribution in [2.45, 2.75) is 6.92 Å². The first-order valence-electron chi connectivity index (χ1n) is 5.30. The molecule has 0 aromatic heterocycles. The van der Waals surface area contributed by atoms with Crippen molar-refractivity contribution >= 4 is 11.9 Å². The number of amides is 1. The number of hydrogen-bond acceptors (Lipinski definition) is 4. The van der Waals surface area contributed by atoms with Crippen LogP contribution in [0, 0.1) is 0 Å². The number of carboxylic acid groups (broad SMARTS) is 1. The van der Waals surface area contributed by atoms with Crippen molar-refractivity contribution in [1.29, 1.82) is 0 Å². The van der Waals surface area contributed by atoms with Gasteiger partial charge in [-0.2, -0.15) is 0 Å². The molecule has 98 valence electrons. The predicted octanol–water partition coefficient (Wildman–Crippen LogP) is -0.288. The first-order chi connectivity index (χ1) is 7.95. The van der Waals surface area contributed by atoms with Crippen molar-refractivity contribution in [2.75, 3.05) is 40.4 Å². The molecule has 0 atom stereocenters. The van der Waals surface area contributed by atoms with Gasteiger partial charge in [-0.1, -0.05) is 5.57 Å². The van der Waals surface area contributed by atoms with Crippen molar-refractivity contribution in [3.05, 3.63) is 11.6 Å². The number of carbonyl (C=O) groups is 2. The Bertz CT molecular complexity index is 289. The van der Waals surface area contributed by atoms with E-state index in [1.54, 1.807) is 26.0 Å². The predicted molar refractivity (Wildman–Crippen MR) is 63.8 cm³/mol. The van der Waals surface area contributed by atoms with Crippen LogP contribution in [0.1, 0.15) is 6.92 Å². The van der Waals surface area contributed by atoms with Crippen molar-refractivity contribution in [2.24, 2.45) is 0 Å². The van der Waals surface area contributed by atoms with Crippen molar-refractivity contribution < 1.29 is 19.4 Å². The summed E-state index contributed by atoms with van der Waals surface area (Å²) >= 11 is 0. The Morgan fingerprint density at radius 3 is 2.59 bits per heavy atom. The van der Waals surface area contributed by atoms with E-state index in [2.05, 4.69) is 5.32 Å². The summed E-state index contributed by atoms with van der Waals surface area (Å²) in [5, 5.41) is 11.2. The van der Waals surface area contributed by atoms with Crippen molar-refractivity contribution in [1.82, 2.24) is 10.2 Å². The lowest BCUT2D eigenvalue weighted by Gasteiger charge is -2.16. The second-order valence-corrected chi connectivity index (χ2v) is 3.84. The van der Waals surface area contributed by atoms with Crippen LogP contribution >= 0.6 is 0 Å². The van der Waals surface area contributed by atoms with Gasteiger partial charge in [-0.3, -0.25) is 9.69 Å². The first-order valence-corrected chi connectivity index (χ1v) is 5.30. The number of likely N-dealkylation sites (N-methyl/N-ethyl adjacent to an activating group) is 1. The van der Waals surface area contributed by atoms with Crippen LogP contribution < -0.4 is 5.32 Å². The number of aliphatic carboxylic acids is 1. The lowest BCUT2D eigenvalue weighted by molar-refractivity contribution is -0.131. The molecule has 2 N–H and O–H groups in total. The Morgan fingerprint density at radius 1 is 1.41 bits per heavy atom. The van der Waals surface area contributed by atoms with Gasteiger partial charge in [0.1, 0.15) is 0 Å². The van der Waals surface area contributed by atoms with Gasteiger partial charge in [0.25, 0.3) is 0 Å². The summed E-state index contributed by atoms with van der Waals surface area (Å²) in [6, 6.07) is 0. The highest BCUT2D eigenvalue weighted by Crippen LogP contribution is 1.95. The number of hydrogen-bond donors (Lipinski definition) is 2. The van der Waals surface area contributed by atoms with Crippen LogP contribution in [-0.2, 0) is 14.3 Å². The van der Waals surface area contributed by atoms with Gasteiger partial charge in [-0.15, -0.1) is 0 Å². The van der Waals surface area contributed by atoms with Crippen LogP contribution in [0.5, 0.6) is 0 Å². The second kappa shape index (κ2) is 8.72. The fraction of sp³-hybridized carbons (Fsp3) is 0.636. The number of rotatable bonds is 8. The highest BCUT2D eigenvalue weighted by atomic mass is 16.5. The first kappa shape index (κ1) is 15.6. The lowest BCUT2D eigenvalue weighted by atomic mass is 10.2. The Morgan fingerprint density at radius 2 is 2.06 bits per heavy atom. The fourth-order valence-electron chi connectivity index (χ4n) is 1.33. The molecule has 0 unspecified atom stereocenters. The van der Waals surface area contributed by atoms with E-state index in [0.717, 1.165) is 6.08 Å². The molecule has 6 nitrogen and oxygen atoms in total. The average Bonchev–Trinajstić information content (AvgIpc) is 2.15. The Balaban J connectivity index is 3.88. The van der Waals surface area contributed by atoms with E-state index in [1.165, 1.54) is 0 Å². The van der Waals surface area contributed by atoms with Crippen LogP contribution in [-0.4, -0.2) is 62.3 Å². The van der Waals surface area contributed by atoms with Crippen molar-refractivity contribution in [3.8, 4) is 0 Å². The Hall–Kier alpha value is -1.40. The smallest absolute Gasteiger partial charge is 0.328 e. The van der Waals surface area contributed by atoms with E-state index in [1.807, 2.05) is 0 Å². The topological polar surface area (TPSA) is 78.9 Å². The molecule has 0 radical (unpaired) electrons. The number of ether oxygens (including phenoxy) is 1. The summed E-state index contributed by atoms with van der Waals surface area (Å²) < 4.78 is 4.80. The van der Waals surface area contributed by atoms with Gasteiger partial charge in [-0.25, -0.2) is 4.79 Å². The summed E-state index contributed by atoms with van der Waals surface area (Å²) in [4.78, 5) is 23.5. The zero-order valence-corrected chi connectivity index (χ0v) is 10.5. The average molecular weight is 244 g/mol. The highest BCUT2D eigenvalue weighted by Gasteiger charge is 2.06. The summed E-state index contributed by atoms with van der Waals surface area (Å²) in [6.07, 6.45) is 1.14. The maximum atomic E-state index is 11.4. The van der Waals surface area contributed by atoms with E-state index in [-0.39, 0.29) is 12.5 Å². The molecule has 0 aliphatic carbocycles. The molecule has 0 heterocycles. The zero-order chi connectivity index (χ0) is 13.3. The molecule has 0 aromatic rings. The molecular formula is C11H20N2O4. The molecule has 0 fully saturated rings. The third kappa shape index (κ3) is 9.52. The molecule has 0 aromatic carbocycles. The van der Waals surface area contributed by atoms with Crippen LogP contribution in [0.4, 0.5) is 0 Å². The molecular weight excluding hydrogens is 224 g/mol. The maximum absolute atomic E-state index is 11.4. The van der Waals surface area contributed by atoms with Gasteiger partial charge in [0.2, 0.25) is 5.91 Å². The molecule has 0 bridgehead atoms. The fourth-order valence-corrected chi connectivity index (χ4v) is 1.33. The van der Waals surface area contributed by atoms with Gasteiger partial charge in [0.05, 0.1) is 13.2 Å². The minimum Gasteiger partial charge on any atom is -0.478 e. The van der Waals surface area contributed by atoms with Gasteiger partial charge in [0.15, 0.2) is 0 Å². The number of carbonyl (C=O) groups excluding carboxylic acids is 1. The molecule has 0 spiro atoms. The van der Waals surface area contributed by atoms with Gasteiger partial charge >= 0.3 is 5.97 Å². The molecule has 17 heavy (non-hydrogen) atoms. The van der Waals surface area contributed by atoms with Crippen LogP contribution in [0.15, 0.2) is 11.6 Å². The molecule has 0 aliphatic rings. The Kier molecular flexibility index (Phi) is 8.00. The second-order valence-electron chi connectivity index (χ2n) is 3.84. The SMILES string of the molecule is COCCNC(=O)CN(C)CC(C)=CC(=O)O. The van der Waals surface area contributed by atoms with Crippen molar-refractivity contribution in [3.63, 3.8) is 0 Å². The van der Waals surface area contributed by atoms with Gasteiger partial charge in [-0.05, 0) is 14.0 Å². The van der Waals surface area contributed by atoms with E-state index in [9.17, 15) is 9.59 Å². The van der Waals surface area contributed by atoms with E-state index < -0.39 is 5.97 Å². The van der Waals surface area contributed by atoms with Gasteiger partial charge in [0, 0.05) is 26.3 Å². The number of methoxy groups -OCH3 is 1. The third-order valence-corrected chi connectivity index (χ3v) is 1.93. The number of nitrogens with one attached hydrogen (secondary N) is 1. The minimum atomic E-state index is -0.972. The summed E-state index contributed by atoms with van der Waals surface area (Å²) in [7, 11) is 3.33.